The molecular formula is C46H54Cl2Zr. The van der Waals surface area contributed by atoms with Gasteiger partial charge in [-0.3, -0.25) is 0 Å². The molecule has 0 spiro atoms. The molecule has 2 aliphatic carbocycles. The SMILES string of the molecule is CCCCC1=Cc2c(-c3cc(C)cc(C)c3)ccc(C)c2[CH]1[Zr+2]1([CH]2C(CCCC)=Cc3c(-c4cc(C)cc(C)c4)ccc(C)c32)[CH2][CH2]1.[Cl-].[Cl-]. The van der Waals surface area contributed by atoms with E-state index in [0.29, 0.717) is 7.25 Å². The van der Waals surface area contributed by atoms with Crippen molar-refractivity contribution in [2.45, 2.75) is 109 Å². The van der Waals surface area contributed by atoms with Gasteiger partial charge < -0.3 is 24.8 Å². The monoisotopic (exact) mass is 766 g/mol. The molecule has 1 saturated heterocycles. The van der Waals surface area contributed by atoms with E-state index in [0.717, 1.165) is 0 Å². The van der Waals surface area contributed by atoms with Crippen LogP contribution in [0.5, 0.6) is 0 Å². The van der Waals surface area contributed by atoms with Gasteiger partial charge in [0.05, 0.1) is 0 Å². The van der Waals surface area contributed by atoms with Gasteiger partial charge in [0.15, 0.2) is 0 Å². The second-order valence-corrected chi connectivity index (χ2v) is 26.9. The van der Waals surface area contributed by atoms with Crippen molar-refractivity contribution in [2.75, 3.05) is 0 Å². The maximum absolute atomic E-state index is 2.86. The predicted molar refractivity (Wildman–Crippen MR) is 202 cm³/mol. The van der Waals surface area contributed by atoms with Gasteiger partial charge in [0.2, 0.25) is 0 Å². The Kier molecular flexibility index (Phi) is 11.8. The van der Waals surface area contributed by atoms with Gasteiger partial charge in [-0.15, -0.1) is 0 Å². The molecule has 4 aromatic carbocycles. The number of aryl methyl sites for hydroxylation is 6. The van der Waals surface area contributed by atoms with Gasteiger partial charge in [-0.1, -0.05) is 0 Å². The summed E-state index contributed by atoms with van der Waals surface area (Å²) in [6.07, 6.45) is 13.1. The minimum atomic E-state index is -2.86. The summed E-state index contributed by atoms with van der Waals surface area (Å²) in [5.41, 5.74) is 24.4. The summed E-state index contributed by atoms with van der Waals surface area (Å²) in [6.45, 7) is 18.6. The number of unbranched alkanes of at least 4 members (excludes halogenated alkanes) is 2. The van der Waals surface area contributed by atoms with Crippen molar-refractivity contribution >= 4 is 12.2 Å². The molecular weight excluding hydrogens is 715 g/mol. The first-order valence-corrected chi connectivity index (χ1v) is 24.8. The Hall–Kier alpha value is -2.18. The Bertz CT molecular complexity index is 1760. The van der Waals surface area contributed by atoms with Gasteiger partial charge in [0.1, 0.15) is 0 Å². The first kappa shape index (κ1) is 38.1. The number of hydrogen-bond acceptors (Lipinski definition) is 0. The largest absolute Gasteiger partial charge is 1.00 e. The molecule has 2 atom stereocenters. The molecule has 7 rings (SSSR count). The fourth-order valence-corrected chi connectivity index (χ4v) is 27.7. The van der Waals surface area contributed by atoms with E-state index in [1.165, 1.54) is 102 Å². The van der Waals surface area contributed by atoms with Crippen LogP contribution in [0.4, 0.5) is 0 Å². The molecule has 0 bridgehead atoms. The van der Waals surface area contributed by atoms with Gasteiger partial charge in [-0.25, -0.2) is 0 Å². The molecule has 4 aromatic rings. The van der Waals surface area contributed by atoms with Crippen LogP contribution in [0.3, 0.4) is 0 Å². The molecule has 3 heteroatoms. The molecule has 1 fully saturated rings. The first-order valence-electron chi connectivity index (χ1n) is 18.5. The Balaban J connectivity index is 0.00000234. The van der Waals surface area contributed by atoms with E-state index in [4.69, 9.17) is 0 Å². The van der Waals surface area contributed by atoms with Crippen LogP contribution < -0.4 is 24.8 Å². The molecule has 0 N–H and O–H groups in total. The second-order valence-electron chi connectivity index (χ2n) is 15.5. The zero-order chi connectivity index (χ0) is 33.0. The average molecular weight is 769 g/mol. The van der Waals surface area contributed by atoms with Crippen LogP contribution in [0.25, 0.3) is 34.4 Å². The molecule has 0 radical (unpaired) electrons. The van der Waals surface area contributed by atoms with Crippen molar-refractivity contribution in [3.8, 4) is 22.3 Å². The number of allylic oxidation sites excluding steroid dienone is 2. The van der Waals surface area contributed by atoms with Gasteiger partial charge in [-0.2, -0.15) is 0 Å². The molecule has 2 unspecified atom stereocenters. The fraction of sp³-hybridized carbons (Fsp3) is 0.391. The van der Waals surface area contributed by atoms with Crippen LogP contribution in [0, 0.1) is 41.5 Å². The van der Waals surface area contributed by atoms with Gasteiger partial charge in [-0.05, 0) is 0 Å². The Morgan fingerprint density at radius 1 is 0.531 bits per heavy atom. The number of hydrogen-bond donors (Lipinski definition) is 0. The molecule has 0 aromatic heterocycles. The van der Waals surface area contributed by atoms with Crippen LogP contribution in [0.1, 0.15) is 115 Å². The molecule has 0 nitrogen and oxygen atoms in total. The molecule has 0 saturated carbocycles. The molecule has 0 amide bonds. The minimum Gasteiger partial charge on any atom is -1.00 e. The summed E-state index contributed by atoms with van der Waals surface area (Å²) in [6, 6.07) is 24.1. The van der Waals surface area contributed by atoms with Crippen molar-refractivity contribution in [1.29, 1.82) is 0 Å². The van der Waals surface area contributed by atoms with Crippen LogP contribution in [-0.2, 0) is 20.3 Å². The van der Waals surface area contributed by atoms with E-state index >= 15 is 0 Å². The quantitative estimate of drug-likeness (QED) is 0.154. The van der Waals surface area contributed by atoms with E-state index in [2.05, 4.69) is 128 Å². The zero-order valence-electron chi connectivity index (χ0n) is 31.0. The number of fused-ring (bicyclic) bond motifs is 2. The molecule has 3 aliphatic rings. The summed E-state index contributed by atoms with van der Waals surface area (Å²) >= 11 is -2.86. The normalized spacial score (nSPS) is 17.6. The third kappa shape index (κ3) is 6.91. The van der Waals surface area contributed by atoms with Crippen LogP contribution in [0.15, 0.2) is 71.8 Å². The van der Waals surface area contributed by atoms with E-state index in [9.17, 15) is 0 Å². The molecule has 256 valence electrons. The fourth-order valence-electron chi connectivity index (χ4n) is 9.64. The summed E-state index contributed by atoms with van der Waals surface area (Å²) in [4.78, 5) is 0. The van der Waals surface area contributed by atoms with Crippen LogP contribution in [-0.4, -0.2) is 0 Å². The summed E-state index contributed by atoms with van der Waals surface area (Å²) in [7, 11) is 0. The van der Waals surface area contributed by atoms with Crippen molar-refractivity contribution in [2.24, 2.45) is 0 Å². The number of benzene rings is 4. The Morgan fingerprint density at radius 2 is 0.898 bits per heavy atom. The summed E-state index contributed by atoms with van der Waals surface area (Å²) in [5, 5.41) is 0. The van der Waals surface area contributed by atoms with E-state index in [1.807, 2.05) is 0 Å². The third-order valence-electron chi connectivity index (χ3n) is 11.7. The smallest absolute Gasteiger partial charge is 1.00 e. The van der Waals surface area contributed by atoms with Crippen molar-refractivity contribution in [3.63, 3.8) is 0 Å². The van der Waals surface area contributed by atoms with Gasteiger partial charge in [0.25, 0.3) is 0 Å². The van der Waals surface area contributed by atoms with E-state index < -0.39 is 20.3 Å². The van der Waals surface area contributed by atoms with E-state index in [1.54, 1.807) is 33.4 Å². The predicted octanol–water partition coefficient (Wildman–Crippen LogP) is 7.84. The van der Waals surface area contributed by atoms with Crippen molar-refractivity contribution in [1.82, 2.24) is 0 Å². The summed E-state index contributed by atoms with van der Waals surface area (Å²) in [5.74, 6) is 0. The number of rotatable bonds is 10. The number of halogens is 2. The second kappa shape index (κ2) is 15.2. The zero-order valence-corrected chi connectivity index (χ0v) is 35.0. The molecule has 1 heterocycles. The van der Waals surface area contributed by atoms with Crippen molar-refractivity contribution in [3.05, 3.63) is 127 Å². The average Bonchev–Trinajstić information content (AvgIpc) is 3.55. The minimum absolute atomic E-state index is 0. The molecule has 1 aliphatic heterocycles. The third-order valence-corrected chi connectivity index (χ3v) is 24.6. The topological polar surface area (TPSA) is 0 Å². The van der Waals surface area contributed by atoms with Crippen LogP contribution >= 0.6 is 0 Å². The van der Waals surface area contributed by atoms with E-state index in [-0.39, 0.29) is 24.8 Å². The first-order chi connectivity index (χ1) is 22.6. The maximum atomic E-state index is 2.72. The standard InChI is InChI=1S/2C22H25.C2H4.2ClH.Zr/c2*1-5-6-7-18-13-21-17(4)8-9-20(22(21)14-18)19-11-15(2)10-16(3)12-19;1-2;;;/h2*8-14H,5-7H2,1-4H3;1-2H2;2*1H;/q;;;;;+2/p-2. The Labute approximate surface area is 314 Å². The summed E-state index contributed by atoms with van der Waals surface area (Å²) < 4.78 is 4.44. The van der Waals surface area contributed by atoms with Gasteiger partial charge >= 0.3 is 292 Å². The molecule has 49 heavy (non-hydrogen) atoms. The van der Waals surface area contributed by atoms with Crippen LogP contribution in [0.2, 0.25) is 8.26 Å². The van der Waals surface area contributed by atoms with Crippen molar-refractivity contribution < 1.29 is 45.1 Å². The maximum Gasteiger partial charge on any atom is -1.00 e. The Morgan fingerprint density at radius 3 is 1.22 bits per heavy atom. The van der Waals surface area contributed by atoms with Gasteiger partial charge in [0, 0.05) is 0 Å².